The van der Waals surface area contributed by atoms with Gasteiger partial charge >= 0.3 is 12.4 Å². The highest BCUT2D eigenvalue weighted by Gasteiger charge is 2.50. The minimum absolute atomic E-state index is 0. The zero-order valence-corrected chi connectivity index (χ0v) is 22.6. The van der Waals surface area contributed by atoms with Gasteiger partial charge in [-0.15, -0.1) is 12.4 Å². The van der Waals surface area contributed by atoms with E-state index in [2.05, 4.69) is 0 Å². The van der Waals surface area contributed by atoms with E-state index in [4.69, 9.17) is 4.74 Å². The number of nitrogens with zero attached hydrogens (tertiary/aromatic N) is 2. The van der Waals surface area contributed by atoms with Crippen LogP contribution in [0.15, 0.2) is 48.5 Å². The van der Waals surface area contributed by atoms with Crippen molar-refractivity contribution in [3.8, 4) is 0 Å². The second-order valence-corrected chi connectivity index (χ2v) is 10.5. The molecule has 2 aliphatic heterocycles. The Balaban J connectivity index is 0.00000441. The summed E-state index contributed by atoms with van der Waals surface area (Å²) in [6.07, 6.45) is -13.0. The SMILES string of the molecule is Cl.Fc1cccc(C2CCCN(C[C@H](O[C@@H](CN3CCCC(c4cccc(F)c4)C3)C(F)(F)F)C(F)(F)F)C2)c1. The first kappa shape index (κ1) is 32.6. The summed E-state index contributed by atoms with van der Waals surface area (Å²) < 4.78 is 116. The Morgan fingerprint density at radius 1 is 0.700 bits per heavy atom. The quantitative estimate of drug-likeness (QED) is 0.295. The minimum Gasteiger partial charge on any atom is -0.353 e. The highest BCUT2D eigenvalue weighted by Crippen LogP contribution is 2.34. The van der Waals surface area contributed by atoms with Gasteiger partial charge in [-0.05, 0) is 86.0 Å². The molecule has 40 heavy (non-hydrogen) atoms. The third-order valence-corrected chi connectivity index (χ3v) is 7.56. The van der Waals surface area contributed by atoms with Crippen LogP contribution in [0.25, 0.3) is 0 Å². The van der Waals surface area contributed by atoms with Gasteiger partial charge in [-0.25, -0.2) is 8.78 Å². The summed E-state index contributed by atoms with van der Waals surface area (Å²) in [6.45, 7) is -0.601. The van der Waals surface area contributed by atoms with Gasteiger partial charge in [-0.1, -0.05) is 24.3 Å². The first-order chi connectivity index (χ1) is 18.4. The van der Waals surface area contributed by atoms with Crippen molar-refractivity contribution in [3.05, 3.63) is 71.3 Å². The monoisotopic (exact) mass is 600 g/mol. The molecule has 2 aliphatic rings. The number of hydrogen-bond acceptors (Lipinski definition) is 3. The average Bonchev–Trinajstić information content (AvgIpc) is 2.87. The molecule has 0 radical (unpaired) electrons. The van der Waals surface area contributed by atoms with E-state index in [-0.39, 0.29) is 50.4 Å². The number of benzene rings is 2. The fraction of sp³-hybridized carbons (Fsp3) is 0.571. The van der Waals surface area contributed by atoms with Crippen LogP contribution in [0.1, 0.15) is 48.6 Å². The van der Waals surface area contributed by atoms with Crippen molar-refractivity contribution >= 4 is 12.4 Å². The lowest BCUT2D eigenvalue weighted by Crippen LogP contribution is -2.52. The number of hydrogen-bond donors (Lipinski definition) is 0. The maximum absolute atomic E-state index is 14.0. The van der Waals surface area contributed by atoms with Gasteiger partial charge in [0.05, 0.1) is 0 Å². The molecule has 0 saturated carbocycles. The van der Waals surface area contributed by atoms with Gasteiger partial charge in [0.15, 0.2) is 12.2 Å². The van der Waals surface area contributed by atoms with E-state index < -0.39 is 49.3 Å². The predicted molar refractivity (Wildman–Crippen MR) is 138 cm³/mol. The Morgan fingerprint density at radius 3 is 1.45 bits per heavy atom. The molecule has 0 N–H and O–H groups in total. The first-order valence-electron chi connectivity index (χ1n) is 13.1. The summed E-state index contributed by atoms with van der Waals surface area (Å²) in [5.41, 5.74) is 1.30. The molecular weight excluding hydrogens is 568 g/mol. The van der Waals surface area contributed by atoms with E-state index in [0.29, 0.717) is 36.8 Å². The van der Waals surface area contributed by atoms with E-state index in [0.717, 1.165) is 0 Å². The smallest absolute Gasteiger partial charge is 0.353 e. The largest absolute Gasteiger partial charge is 0.415 e. The van der Waals surface area contributed by atoms with Gasteiger partial charge in [-0.2, -0.15) is 26.3 Å². The maximum atomic E-state index is 14.0. The lowest BCUT2D eigenvalue weighted by Gasteiger charge is -2.39. The Morgan fingerprint density at radius 2 is 1.10 bits per heavy atom. The van der Waals surface area contributed by atoms with E-state index >= 15 is 0 Å². The summed E-state index contributed by atoms with van der Waals surface area (Å²) in [5.74, 6) is -1.36. The molecule has 2 aromatic rings. The van der Waals surface area contributed by atoms with Crippen molar-refractivity contribution in [2.45, 2.75) is 62.1 Å². The van der Waals surface area contributed by atoms with E-state index in [1.54, 1.807) is 12.1 Å². The minimum atomic E-state index is -5.01. The van der Waals surface area contributed by atoms with Crippen molar-refractivity contribution in [1.29, 1.82) is 0 Å². The number of alkyl halides is 6. The van der Waals surface area contributed by atoms with Crippen molar-refractivity contribution in [2.75, 3.05) is 39.3 Å². The third kappa shape index (κ3) is 9.03. The number of ether oxygens (including phenoxy) is 1. The topological polar surface area (TPSA) is 15.7 Å². The van der Waals surface area contributed by atoms with E-state index in [9.17, 15) is 35.1 Å². The summed E-state index contributed by atoms with van der Waals surface area (Å²) >= 11 is 0. The number of likely N-dealkylation sites (tertiary alicyclic amines) is 2. The van der Waals surface area contributed by atoms with Crippen molar-refractivity contribution in [1.82, 2.24) is 9.80 Å². The molecule has 4 atom stereocenters. The zero-order valence-electron chi connectivity index (χ0n) is 21.7. The molecule has 4 rings (SSSR count). The van der Waals surface area contributed by atoms with Crippen LogP contribution < -0.4 is 0 Å². The summed E-state index contributed by atoms with van der Waals surface area (Å²) in [5, 5.41) is 0. The number of rotatable bonds is 8. The Bertz CT molecular complexity index is 999. The Labute approximate surface area is 234 Å². The highest BCUT2D eigenvalue weighted by molar-refractivity contribution is 5.85. The lowest BCUT2D eigenvalue weighted by atomic mass is 9.90. The molecular formula is C28H33ClF8N2O. The van der Waals surface area contributed by atoms with Crippen LogP contribution in [0.3, 0.4) is 0 Å². The molecule has 2 aromatic carbocycles. The maximum Gasteiger partial charge on any atom is 0.415 e. The van der Waals surface area contributed by atoms with Gasteiger partial charge in [-0.3, -0.25) is 9.80 Å². The fourth-order valence-electron chi connectivity index (χ4n) is 5.62. The van der Waals surface area contributed by atoms with Gasteiger partial charge in [0, 0.05) is 26.2 Å². The fourth-order valence-corrected chi connectivity index (χ4v) is 5.62. The standard InChI is InChI=1S/C28H32F8N2O.ClH/c29-23-9-1-5-19(13-23)21-7-3-11-37(15-21)17-25(27(31,32)33)39-26(28(34,35)36)18-38-12-4-8-22(16-38)20-6-2-10-24(30)14-20;/h1-2,5-6,9-10,13-14,21-22,25-26H,3-4,7-8,11-12,15-18H2;1H/t21?,22?,25-,26-;/m0./s1. The van der Waals surface area contributed by atoms with E-state index in [1.807, 2.05) is 0 Å². The van der Waals surface area contributed by atoms with Crippen molar-refractivity contribution < 1.29 is 39.9 Å². The predicted octanol–water partition coefficient (Wildman–Crippen LogP) is 7.32. The third-order valence-electron chi connectivity index (χ3n) is 7.56. The highest BCUT2D eigenvalue weighted by atomic mass is 35.5. The molecule has 2 heterocycles. The normalized spacial score (nSPS) is 22.9. The average molecular weight is 601 g/mol. The lowest BCUT2D eigenvalue weighted by molar-refractivity contribution is -0.290. The molecule has 0 aromatic heterocycles. The Hall–Kier alpha value is -1.95. The van der Waals surface area contributed by atoms with Crippen LogP contribution in [-0.4, -0.2) is 73.6 Å². The summed E-state index contributed by atoms with van der Waals surface area (Å²) in [4.78, 5) is 2.90. The van der Waals surface area contributed by atoms with E-state index in [1.165, 1.54) is 46.2 Å². The molecule has 224 valence electrons. The zero-order chi connectivity index (χ0) is 28.2. The van der Waals surface area contributed by atoms with Crippen molar-refractivity contribution in [3.63, 3.8) is 0 Å². The van der Waals surface area contributed by atoms with Crippen LogP contribution in [0.4, 0.5) is 35.1 Å². The summed E-state index contributed by atoms with van der Waals surface area (Å²) in [6, 6.07) is 11.7. The first-order valence-corrected chi connectivity index (χ1v) is 13.1. The molecule has 2 unspecified atom stereocenters. The Kier molecular flexibility index (Phi) is 11.2. The van der Waals surface area contributed by atoms with Crippen LogP contribution in [-0.2, 0) is 4.74 Å². The van der Waals surface area contributed by atoms with Crippen molar-refractivity contribution in [2.24, 2.45) is 0 Å². The molecule has 0 bridgehead atoms. The van der Waals surface area contributed by atoms with Crippen LogP contribution in [0.5, 0.6) is 0 Å². The number of halogens is 9. The van der Waals surface area contributed by atoms with Gasteiger partial charge in [0.2, 0.25) is 0 Å². The van der Waals surface area contributed by atoms with Crippen LogP contribution >= 0.6 is 12.4 Å². The second-order valence-electron chi connectivity index (χ2n) is 10.5. The van der Waals surface area contributed by atoms with Crippen LogP contribution in [0, 0.1) is 11.6 Å². The van der Waals surface area contributed by atoms with Crippen LogP contribution in [0.2, 0.25) is 0 Å². The second kappa shape index (κ2) is 13.8. The number of piperidine rings is 2. The molecule has 12 heteroatoms. The molecule has 2 saturated heterocycles. The van der Waals surface area contributed by atoms with Gasteiger partial charge in [0.25, 0.3) is 0 Å². The molecule has 2 fully saturated rings. The molecule has 0 aliphatic carbocycles. The summed E-state index contributed by atoms with van der Waals surface area (Å²) in [7, 11) is 0. The van der Waals surface area contributed by atoms with Gasteiger partial charge < -0.3 is 4.74 Å². The molecule has 0 amide bonds. The molecule has 0 spiro atoms. The van der Waals surface area contributed by atoms with Gasteiger partial charge in [0.1, 0.15) is 11.6 Å². The molecule has 3 nitrogen and oxygen atoms in total.